The topological polar surface area (TPSA) is 75.1 Å². The molecule has 1 heterocycles. The van der Waals surface area contributed by atoms with Gasteiger partial charge in [-0.25, -0.2) is 4.79 Å². The van der Waals surface area contributed by atoms with Crippen molar-refractivity contribution in [3.63, 3.8) is 0 Å². The summed E-state index contributed by atoms with van der Waals surface area (Å²) < 4.78 is 1.26. The first-order chi connectivity index (χ1) is 6.53. The van der Waals surface area contributed by atoms with Crippen LogP contribution in [0.15, 0.2) is 15.7 Å². The van der Waals surface area contributed by atoms with Gasteiger partial charge in [-0.15, -0.1) is 0 Å². The molecule has 1 aromatic rings. The van der Waals surface area contributed by atoms with Crippen molar-refractivity contribution in [1.82, 2.24) is 9.55 Å². The van der Waals surface area contributed by atoms with Crippen molar-refractivity contribution in [3.8, 4) is 5.88 Å². The third-order valence-electron chi connectivity index (χ3n) is 2.89. The summed E-state index contributed by atoms with van der Waals surface area (Å²) in [6, 6.07) is 1.03. The fraction of sp³-hybridized carbons (Fsp3) is 0.556. The lowest BCUT2D eigenvalue weighted by molar-refractivity contribution is 0.144. The molecule has 0 unspecified atom stereocenters. The van der Waals surface area contributed by atoms with E-state index >= 15 is 0 Å². The predicted octanol–water partition coefficient (Wildman–Crippen LogP) is 0.141. The van der Waals surface area contributed by atoms with E-state index in [0.717, 1.165) is 25.3 Å². The molecular formula is C9H12N2O3. The number of hydrogen-bond acceptors (Lipinski definition) is 3. The first-order valence-corrected chi connectivity index (χ1v) is 4.59. The maximum atomic E-state index is 11.4. The molecule has 1 saturated carbocycles. The number of aromatic amines is 1. The van der Waals surface area contributed by atoms with Crippen LogP contribution in [0.5, 0.6) is 5.88 Å². The van der Waals surface area contributed by atoms with E-state index in [2.05, 4.69) is 4.98 Å². The lowest BCUT2D eigenvalue weighted by atomic mass is 9.78. The standard InChI is InChI=1S/C9H12N2O3/c1-9(3-2-4-9)11-7(13)5-6(12)10-8(11)14/h5,13H,2-4H2,1H3,(H,10,12,14). The quantitative estimate of drug-likeness (QED) is 0.671. The van der Waals surface area contributed by atoms with E-state index in [4.69, 9.17) is 0 Å². The van der Waals surface area contributed by atoms with Crippen molar-refractivity contribution in [3.05, 3.63) is 26.9 Å². The number of hydrogen-bond donors (Lipinski definition) is 2. The normalized spacial score (nSPS) is 18.9. The largest absolute Gasteiger partial charge is 0.494 e. The molecule has 14 heavy (non-hydrogen) atoms. The van der Waals surface area contributed by atoms with E-state index in [1.165, 1.54) is 4.57 Å². The predicted molar refractivity (Wildman–Crippen MR) is 50.5 cm³/mol. The highest BCUT2D eigenvalue weighted by Gasteiger charge is 2.36. The van der Waals surface area contributed by atoms with Crippen molar-refractivity contribution in [1.29, 1.82) is 0 Å². The van der Waals surface area contributed by atoms with Crippen LogP contribution in [-0.2, 0) is 5.54 Å². The zero-order chi connectivity index (χ0) is 10.3. The number of aromatic nitrogens is 2. The summed E-state index contributed by atoms with van der Waals surface area (Å²) in [5.74, 6) is -0.249. The highest BCUT2D eigenvalue weighted by Crippen LogP contribution is 2.39. The van der Waals surface area contributed by atoms with Gasteiger partial charge >= 0.3 is 5.69 Å². The number of nitrogens with one attached hydrogen (secondary N) is 1. The molecular weight excluding hydrogens is 184 g/mol. The van der Waals surface area contributed by atoms with Crippen LogP contribution < -0.4 is 11.2 Å². The summed E-state index contributed by atoms with van der Waals surface area (Å²) in [4.78, 5) is 24.5. The van der Waals surface area contributed by atoms with Crippen LogP contribution >= 0.6 is 0 Å². The molecule has 1 aliphatic rings. The van der Waals surface area contributed by atoms with Crippen LogP contribution in [0.25, 0.3) is 0 Å². The summed E-state index contributed by atoms with van der Waals surface area (Å²) >= 11 is 0. The van der Waals surface area contributed by atoms with Gasteiger partial charge in [0.25, 0.3) is 5.56 Å². The molecule has 1 aromatic heterocycles. The molecule has 0 amide bonds. The number of nitrogens with zero attached hydrogens (tertiary/aromatic N) is 1. The minimum absolute atomic E-state index is 0.249. The average Bonchev–Trinajstić information content (AvgIpc) is 1.99. The lowest BCUT2D eigenvalue weighted by Gasteiger charge is -2.39. The van der Waals surface area contributed by atoms with Crippen molar-refractivity contribution in [2.24, 2.45) is 0 Å². The zero-order valence-corrected chi connectivity index (χ0v) is 7.91. The highest BCUT2D eigenvalue weighted by molar-refractivity contribution is 5.11. The fourth-order valence-electron chi connectivity index (χ4n) is 1.92. The average molecular weight is 196 g/mol. The van der Waals surface area contributed by atoms with Gasteiger partial charge < -0.3 is 5.11 Å². The second kappa shape index (κ2) is 2.73. The van der Waals surface area contributed by atoms with E-state index in [0.29, 0.717) is 0 Å². The van der Waals surface area contributed by atoms with E-state index in [-0.39, 0.29) is 11.4 Å². The Morgan fingerprint density at radius 3 is 2.57 bits per heavy atom. The van der Waals surface area contributed by atoms with Gasteiger partial charge in [0.1, 0.15) is 0 Å². The molecule has 2 N–H and O–H groups in total. The molecule has 2 rings (SSSR count). The van der Waals surface area contributed by atoms with Gasteiger partial charge in [0.15, 0.2) is 0 Å². The van der Waals surface area contributed by atoms with E-state index in [1.807, 2.05) is 6.92 Å². The van der Waals surface area contributed by atoms with Crippen molar-refractivity contribution in [2.45, 2.75) is 31.7 Å². The monoisotopic (exact) mass is 196 g/mol. The van der Waals surface area contributed by atoms with Gasteiger partial charge in [0.2, 0.25) is 5.88 Å². The Morgan fingerprint density at radius 2 is 2.14 bits per heavy atom. The first kappa shape index (κ1) is 9.05. The molecule has 0 bridgehead atoms. The molecule has 0 aliphatic heterocycles. The maximum absolute atomic E-state index is 11.4. The third kappa shape index (κ3) is 1.16. The van der Waals surface area contributed by atoms with Gasteiger partial charge in [-0.1, -0.05) is 0 Å². The van der Waals surface area contributed by atoms with Gasteiger partial charge in [0.05, 0.1) is 6.07 Å². The molecule has 0 aromatic carbocycles. The minimum Gasteiger partial charge on any atom is -0.494 e. The Labute approximate surface area is 80.0 Å². The number of rotatable bonds is 1. The Morgan fingerprint density at radius 1 is 1.50 bits per heavy atom. The van der Waals surface area contributed by atoms with Crippen LogP contribution in [0.3, 0.4) is 0 Å². The van der Waals surface area contributed by atoms with Crippen LogP contribution in [-0.4, -0.2) is 14.7 Å². The summed E-state index contributed by atoms with van der Waals surface area (Å²) in [6.45, 7) is 1.90. The van der Waals surface area contributed by atoms with Gasteiger partial charge in [-0.3, -0.25) is 14.3 Å². The molecule has 0 radical (unpaired) electrons. The molecule has 76 valence electrons. The minimum atomic E-state index is -0.563. The van der Waals surface area contributed by atoms with Gasteiger partial charge in [-0.05, 0) is 26.2 Å². The van der Waals surface area contributed by atoms with Crippen LogP contribution in [0.2, 0.25) is 0 Å². The number of H-pyrrole nitrogens is 1. The summed E-state index contributed by atoms with van der Waals surface area (Å²) in [5.41, 5.74) is -1.42. The van der Waals surface area contributed by atoms with Gasteiger partial charge in [-0.2, -0.15) is 0 Å². The SMILES string of the molecule is CC1(n2c(O)cc(=O)[nH]c2=O)CCC1. The highest BCUT2D eigenvalue weighted by atomic mass is 16.3. The van der Waals surface area contributed by atoms with Crippen LogP contribution in [0, 0.1) is 0 Å². The summed E-state index contributed by atoms with van der Waals surface area (Å²) in [7, 11) is 0. The molecule has 1 aliphatic carbocycles. The zero-order valence-electron chi connectivity index (χ0n) is 7.91. The van der Waals surface area contributed by atoms with Gasteiger partial charge in [0, 0.05) is 5.54 Å². The molecule has 5 nitrogen and oxygen atoms in total. The molecule has 1 fully saturated rings. The Bertz CT molecular complexity index is 468. The van der Waals surface area contributed by atoms with Crippen LogP contribution in [0.4, 0.5) is 0 Å². The lowest BCUT2D eigenvalue weighted by Crippen LogP contribution is -2.46. The molecule has 0 spiro atoms. The second-order valence-corrected chi connectivity index (χ2v) is 3.98. The Balaban J connectivity index is 2.64. The van der Waals surface area contributed by atoms with Crippen LogP contribution in [0.1, 0.15) is 26.2 Å². The van der Waals surface area contributed by atoms with E-state index in [9.17, 15) is 14.7 Å². The Kier molecular flexibility index (Phi) is 1.77. The molecule has 0 saturated heterocycles. The summed E-state index contributed by atoms with van der Waals surface area (Å²) in [6.07, 6.45) is 2.75. The molecule has 0 atom stereocenters. The smallest absolute Gasteiger partial charge is 0.331 e. The second-order valence-electron chi connectivity index (χ2n) is 3.98. The maximum Gasteiger partial charge on any atom is 0.331 e. The van der Waals surface area contributed by atoms with E-state index < -0.39 is 11.2 Å². The molecule has 5 heteroatoms. The van der Waals surface area contributed by atoms with Crippen molar-refractivity contribution in [2.75, 3.05) is 0 Å². The van der Waals surface area contributed by atoms with Crippen molar-refractivity contribution < 1.29 is 5.11 Å². The first-order valence-electron chi connectivity index (χ1n) is 4.59. The van der Waals surface area contributed by atoms with E-state index in [1.54, 1.807) is 0 Å². The Hall–Kier alpha value is -1.52. The summed E-state index contributed by atoms with van der Waals surface area (Å²) in [5, 5.41) is 9.52. The third-order valence-corrected chi connectivity index (χ3v) is 2.89. The number of aromatic hydroxyl groups is 1. The van der Waals surface area contributed by atoms with Crippen molar-refractivity contribution >= 4 is 0 Å². The fourth-order valence-corrected chi connectivity index (χ4v) is 1.92.